The second-order valence-corrected chi connectivity index (χ2v) is 6.82. The van der Waals surface area contributed by atoms with Crippen molar-refractivity contribution in [2.75, 3.05) is 13.2 Å². The standard InChI is InChI=1S/C12H16N2O5S/c15-8-7-12(5-6-12)9-13-20(18,19)11-3-1-10(2-4-11)14(16)17/h1-4,13,15H,5-9H2. The molecule has 0 saturated heterocycles. The van der Waals surface area contributed by atoms with Crippen LogP contribution in [0.25, 0.3) is 0 Å². The van der Waals surface area contributed by atoms with Crippen molar-refractivity contribution in [3.05, 3.63) is 34.4 Å². The topological polar surface area (TPSA) is 110 Å². The van der Waals surface area contributed by atoms with Gasteiger partial charge in [-0.2, -0.15) is 0 Å². The number of benzene rings is 1. The summed E-state index contributed by atoms with van der Waals surface area (Å²) < 4.78 is 26.6. The van der Waals surface area contributed by atoms with E-state index >= 15 is 0 Å². The lowest BCUT2D eigenvalue weighted by atomic mass is 10.0. The predicted octanol–water partition coefficient (Wildman–Crippen LogP) is 1.04. The fraction of sp³-hybridized carbons (Fsp3) is 0.500. The van der Waals surface area contributed by atoms with E-state index in [2.05, 4.69) is 4.72 Å². The van der Waals surface area contributed by atoms with Gasteiger partial charge < -0.3 is 5.11 Å². The van der Waals surface area contributed by atoms with Gasteiger partial charge in [-0.1, -0.05) is 0 Å². The van der Waals surface area contributed by atoms with Crippen molar-refractivity contribution in [1.82, 2.24) is 4.72 Å². The highest BCUT2D eigenvalue weighted by atomic mass is 32.2. The van der Waals surface area contributed by atoms with Gasteiger partial charge >= 0.3 is 0 Å². The second-order valence-electron chi connectivity index (χ2n) is 5.05. The first-order valence-corrected chi connectivity index (χ1v) is 7.72. The second kappa shape index (κ2) is 5.47. The van der Waals surface area contributed by atoms with Gasteiger partial charge in [-0.05, 0) is 36.8 Å². The van der Waals surface area contributed by atoms with Crippen molar-refractivity contribution < 1.29 is 18.4 Å². The van der Waals surface area contributed by atoms with E-state index in [1.54, 1.807) is 0 Å². The van der Waals surface area contributed by atoms with Gasteiger partial charge in [-0.15, -0.1) is 0 Å². The third-order valence-corrected chi connectivity index (χ3v) is 5.01. The summed E-state index contributed by atoms with van der Waals surface area (Å²) in [6.07, 6.45) is 2.38. The molecule has 0 radical (unpaired) electrons. The third-order valence-electron chi connectivity index (χ3n) is 3.59. The Bertz CT molecular complexity index is 593. The highest BCUT2D eigenvalue weighted by Gasteiger charge is 2.42. The Morgan fingerprint density at radius 2 is 1.90 bits per heavy atom. The molecule has 0 heterocycles. The van der Waals surface area contributed by atoms with Gasteiger partial charge in [0.1, 0.15) is 0 Å². The van der Waals surface area contributed by atoms with Crippen molar-refractivity contribution >= 4 is 15.7 Å². The summed E-state index contributed by atoms with van der Waals surface area (Å²) in [6, 6.07) is 4.75. The Kier molecular flexibility index (Phi) is 4.07. The van der Waals surface area contributed by atoms with Crippen LogP contribution in [-0.4, -0.2) is 31.6 Å². The van der Waals surface area contributed by atoms with Crippen LogP contribution >= 0.6 is 0 Å². The molecule has 0 aliphatic heterocycles. The number of aliphatic hydroxyl groups excluding tert-OH is 1. The van der Waals surface area contributed by atoms with Crippen molar-refractivity contribution in [3.63, 3.8) is 0 Å². The van der Waals surface area contributed by atoms with Crippen LogP contribution in [0.1, 0.15) is 19.3 Å². The predicted molar refractivity (Wildman–Crippen MR) is 71.7 cm³/mol. The summed E-state index contributed by atoms with van der Waals surface area (Å²) in [5, 5.41) is 19.4. The molecule has 0 atom stereocenters. The molecule has 0 aromatic heterocycles. The fourth-order valence-corrected chi connectivity index (χ4v) is 3.16. The molecule has 7 nitrogen and oxygen atoms in total. The number of nitrogens with zero attached hydrogens (tertiary/aromatic N) is 1. The molecule has 1 aromatic rings. The Hall–Kier alpha value is -1.51. The monoisotopic (exact) mass is 300 g/mol. The maximum atomic E-state index is 12.0. The number of hydrogen-bond acceptors (Lipinski definition) is 5. The molecule has 2 N–H and O–H groups in total. The van der Waals surface area contributed by atoms with E-state index in [1.807, 2.05) is 0 Å². The minimum atomic E-state index is -3.67. The Morgan fingerprint density at radius 3 is 2.35 bits per heavy atom. The largest absolute Gasteiger partial charge is 0.396 e. The van der Waals surface area contributed by atoms with E-state index in [9.17, 15) is 18.5 Å². The number of nitrogens with one attached hydrogen (secondary N) is 1. The van der Waals surface area contributed by atoms with Crippen molar-refractivity contribution in [2.24, 2.45) is 5.41 Å². The third kappa shape index (κ3) is 3.33. The van der Waals surface area contributed by atoms with Crippen molar-refractivity contribution in [2.45, 2.75) is 24.2 Å². The average molecular weight is 300 g/mol. The van der Waals surface area contributed by atoms with Gasteiger partial charge in [0.05, 0.1) is 9.82 Å². The number of aliphatic hydroxyl groups is 1. The van der Waals surface area contributed by atoms with Crippen LogP contribution in [-0.2, 0) is 10.0 Å². The van der Waals surface area contributed by atoms with E-state index in [-0.39, 0.29) is 29.1 Å². The number of hydrogen-bond donors (Lipinski definition) is 2. The van der Waals surface area contributed by atoms with Crippen LogP contribution in [0.3, 0.4) is 0 Å². The first kappa shape index (κ1) is 14.9. The molecular weight excluding hydrogens is 284 g/mol. The van der Waals surface area contributed by atoms with Gasteiger partial charge in [0.2, 0.25) is 10.0 Å². The van der Waals surface area contributed by atoms with E-state index in [4.69, 9.17) is 5.11 Å². The maximum Gasteiger partial charge on any atom is 0.269 e. The number of nitro groups is 1. The molecule has 0 bridgehead atoms. The number of sulfonamides is 1. The van der Waals surface area contributed by atoms with Gasteiger partial charge in [-0.25, -0.2) is 13.1 Å². The van der Waals surface area contributed by atoms with Crippen molar-refractivity contribution in [1.29, 1.82) is 0 Å². The first-order chi connectivity index (χ1) is 9.38. The number of non-ortho nitro benzene ring substituents is 1. The zero-order chi connectivity index (χ0) is 14.8. The van der Waals surface area contributed by atoms with E-state index < -0.39 is 14.9 Å². The molecule has 2 rings (SSSR count). The summed E-state index contributed by atoms with van der Waals surface area (Å²) >= 11 is 0. The van der Waals surface area contributed by atoms with Crippen molar-refractivity contribution in [3.8, 4) is 0 Å². The molecule has 0 amide bonds. The van der Waals surface area contributed by atoms with Crippen LogP contribution in [0.4, 0.5) is 5.69 Å². The normalized spacial score (nSPS) is 16.9. The lowest BCUT2D eigenvalue weighted by Crippen LogP contribution is -2.30. The fourth-order valence-electron chi connectivity index (χ4n) is 2.01. The Balaban J connectivity index is 2.05. The lowest BCUT2D eigenvalue weighted by molar-refractivity contribution is -0.384. The summed E-state index contributed by atoms with van der Waals surface area (Å²) in [4.78, 5) is 9.94. The summed E-state index contributed by atoms with van der Waals surface area (Å²) in [5.41, 5.74) is -0.273. The van der Waals surface area contributed by atoms with Crippen LogP contribution in [0, 0.1) is 15.5 Å². The molecule has 20 heavy (non-hydrogen) atoms. The van der Waals surface area contributed by atoms with Crippen LogP contribution in [0.5, 0.6) is 0 Å². The van der Waals surface area contributed by atoms with Crippen LogP contribution < -0.4 is 4.72 Å². The summed E-state index contributed by atoms with van der Waals surface area (Å²) in [5.74, 6) is 0. The molecule has 1 aliphatic rings. The molecule has 1 aromatic carbocycles. The molecule has 110 valence electrons. The SMILES string of the molecule is O=[N+]([O-])c1ccc(S(=O)(=O)NCC2(CCO)CC2)cc1. The van der Waals surface area contributed by atoms with Gasteiger partial charge in [0.15, 0.2) is 0 Å². The minimum Gasteiger partial charge on any atom is -0.396 e. The van der Waals surface area contributed by atoms with Crippen LogP contribution in [0.2, 0.25) is 0 Å². The zero-order valence-electron chi connectivity index (χ0n) is 10.8. The molecular formula is C12H16N2O5S. The van der Waals surface area contributed by atoms with E-state index in [0.717, 1.165) is 25.0 Å². The quantitative estimate of drug-likeness (QED) is 0.577. The minimum absolute atomic E-state index is 0.00268. The van der Waals surface area contributed by atoms with E-state index in [0.29, 0.717) is 6.42 Å². The molecule has 1 saturated carbocycles. The molecule has 0 spiro atoms. The Labute approximate surface area is 116 Å². The number of nitro benzene ring substituents is 1. The van der Waals surface area contributed by atoms with E-state index in [1.165, 1.54) is 12.1 Å². The smallest absolute Gasteiger partial charge is 0.269 e. The Morgan fingerprint density at radius 1 is 1.30 bits per heavy atom. The lowest BCUT2D eigenvalue weighted by Gasteiger charge is -2.14. The zero-order valence-corrected chi connectivity index (χ0v) is 11.6. The van der Waals surface area contributed by atoms with Gasteiger partial charge in [0.25, 0.3) is 5.69 Å². The maximum absolute atomic E-state index is 12.0. The highest BCUT2D eigenvalue weighted by Crippen LogP contribution is 2.48. The molecule has 1 aliphatic carbocycles. The molecule has 0 unspecified atom stereocenters. The molecule has 8 heteroatoms. The summed E-state index contributed by atoms with van der Waals surface area (Å²) in [7, 11) is -3.67. The van der Waals surface area contributed by atoms with Gasteiger partial charge in [-0.3, -0.25) is 10.1 Å². The van der Waals surface area contributed by atoms with Crippen LogP contribution in [0.15, 0.2) is 29.2 Å². The average Bonchev–Trinajstić information content (AvgIpc) is 3.18. The molecule has 1 fully saturated rings. The first-order valence-electron chi connectivity index (χ1n) is 6.24. The van der Waals surface area contributed by atoms with Gasteiger partial charge in [0, 0.05) is 25.3 Å². The summed E-state index contributed by atoms with van der Waals surface area (Å²) in [6.45, 7) is 0.326. The number of rotatable bonds is 7. The highest BCUT2D eigenvalue weighted by molar-refractivity contribution is 7.89.